The maximum atomic E-state index is 6.34. The van der Waals surface area contributed by atoms with Crippen molar-refractivity contribution in [2.24, 2.45) is 5.73 Å². The lowest BCUT2D eigenvalue weighted by Crippen LogP contribution is -2.25. The number of methoxy groups -OCH3 is 3. The van der Waals surface area contributed by atoms with Gasteiger partial charge in [0.2, 0.25) is 0 Å². The van der Waals surface area contributed by atoms with Crippen LogP contribution in [0.4, 0.5) is 0 Å². The third-order valence-electron chi connectivity index (χ3n) is 3.31. The lowest BCUT2D eigenvalue weighted by atomic mass is 10.0. The molecule has 5 heteroatoms. The first-order valence-corrected chi connectivity index (χ1v) is 6.18. The van der Waals surface area contributed by atoms with Crippen molar-refractivity contribution >= 4 is 11.6 Å². The molecule has 0 spiro atoms. The fourth-order valence-corrected chi connectivity index (χ4v) is 2.30. The molecule has 2 N–H and O–H groups in total. The Bertz CT molecular complexity index is 458. The molecule has 1 aliphatic carbocycles. The van der Waals surface area contributed by atoms with E-state index in [0.29, 0.717) is 28.7 Å². The molecule has 1 aromatic carbocycles. The largest absolute Gasteiger partial charge is 0.495 e. The van der Waals surface area contributed by atoms with Gasteiger partial charge >= 0.3 is 0 Å². The normalized spacial score (nSPS) is 16.3. The molecule has 1 saturated carbocycles. The minimum absolute atomic E-state index is 0.158. The number of benzene rings is 1. The summed E-state index contributed by atoms with van der Waals surface area (Å²) < 4.78 is 16.0. The summed E-state index contributed by atoms with van der Waals surface area (Å²) in [5, 5.41) is 0.548. The predicted octanol–water partition coefficient (Wildman–Crippen LogP) is 2.40. The van der Waals surface area contributed by atoms with E-state index in [-0.39, 0.29) is 5.54 Å². The van der Waals surface area contributed by atoms with Crippen LogP contribution in [-0.4, -0.2) is 26.9 Å². The highest BCUT2D eigenvalue weighted by Gasteiger charge is 2.40. The Morgan fingerprint density at radius 3 is 2.22 bits per heavy atom. The van der Waals surface area contributed by atoms with Crippen molar-refractivity contribution < 1.29 is 14.2 Å². The molecular weight excluding hydrogens is 254 g/mol. The zero-order valence-corrected chi connectivity index (χ0v) is 11.6. The van der Waals surface area contributed by atoms with Gasteiger partial charge in [-0.05, 0) is 19.3 Å². The number of hydrogen-bond acceptors (Lipinski definition) is 4. The summed E-state index contributed by atoms with van der Waals surface area (Å²) in [4.78, 5) is 0. The van der Waals surface area contributed by atoms with Crippen LogP contribution >= 0.6 is 11.6 Å². The highest BCUT2D eigenvalue weighted by atomic mass is 35.5. The second-order valence-electron chi connectivity index (χ2n) is 4.65. The van der Waals surface area contributed by atoms with Crippen LogP contribution in [-0.2, 0) is 6.42 Å². The average Bonchev–Trinajstić information content (AvgIpc) is 3.09. The second-order valence-corrected chi connectivity index (χ2v) is 5.02. The van der Waals surface area contributed by atoms with E-state index in [0.717, 1.165) is 18.4 Å². The fourth-order valence-electron chi connectivity index (χ4n) is 2.02. The molecule has 0 amide bonds. The standard InChI is InChI=1S/C13H18ClNO3/c1-16-9-6-10(17-2)12(18-3)8(11(9)14)7-13(15)4-5-13/h6H,4-5,7,15H2,1-3H3. The summed E-state index contributed by atoms with van der Waals surface area (Å²) in [5.41, 5.74) is 6.86. The Hall–Kier alpha value is -1.13. The molecule has 0 radical (unpaired) electrons. The highest BCUT2D eigenvalue weighted by molar-refractivity contribution is 6.33. The van der Waals surface area contributed by atoms with Gasteiger partial charge in [-0.2, -0.15) is 0 Å². The first kappa shape index (κ1) is 13.3. The first-order chi connectivity index (χ1) is 8.54. The fraction of sp³-hybridized carbons (Fsp3) is 0.538. The molecule has 0 aromatic heterocycles. The molecule has 18 heavy (non-hydrogen) atoms. The van der Waals surface area contributed by atoms with Gasteiger partial charge in [0.25, 0.3) is 0 Å². The van der Waals surface area contributed by atoms with Crippen LogP contribution in [0.2, 0.25) is 5.02 Å². The first-order valence-electron chi connectivity index (χ1n) is 5.81. The Balaban J connectivity index is 2.51. The molecule has 0 saturated heterocycles. The molecule has 0 unspecified atom stereocenters. The van der Waals surface area contributed by atoms with Crippen LogP contribution in [0.5, 0.6) is 17.2 Å². The van der Waals surface area contributed by atoms with Gasteiger partial charge in [-0.3, -0.25) is 0 Å². The molecule has 1 fully saturated rings. The van der Waals surface area contributed by atoms with E-state index >= 15 is 0 Å². The molecule has 4 nitrogen and oxygen atoms in total. The van der Waals surface area contributed by atoms with Crippen molar-refractivity contribution in [2.45, 2.75) is 24.8 Å². The lowest BCUT2D eigenvalue weighted by Gasteiger charge is -2.19. The van der Waals surface area contributed by atoms with Gasteiger partial charge in [0.05, 0.1) is 26.4 Å². The van der Waals surface area contributed by atoms with E-state index in [4.69, 9.17) is 31.5 Å². The summed E-state index contributed by atoms with van der Waals surface area (Å²) >= 11 is 6.34. The number of halogens is 1. The van der Waals surface area contributed by atoms with Crippen LogP contribution in [0, 0.1) is 0 Å². The van der Waals surface area contributed by atoms with Crippen LogP contribution in [0.25, 0.3) is 0 Å². The van der Waals surface area contributed by atoms with Crippen molar-refractivity contribution in [2.75, 3.05) is 21.3 Å². The molecule has 0 atom stereocenters. The Morgan fingerprint density at radius 2 is 1.78 bits per heavy atom. The smallest absolute Gasteiger partial charge is 0.165 e. The Kier molecular flexibility index (Phi) is 3.59. The van der Waals surface area contributed by atoms with E-state index in [2.05, 4.69) is 0 Å². The minimum Gasteiger partial charge on any atom is -0.495 e. The summed E-state index contributed by atoms with van der Waals surface area (Å²) in [5.74, 6) is 1.83. The van der Waals surface area contributed by atoms with Gasteiger partial charge in [-0.15, -0.1) is 0 Å². The number of nitrogens with two attached hydrogens (primary N) is 1. The quantitative estimate of drug-likeness (QED) is 0.893. The van der Waals surface area contributed by atoms with Crippen molar-refractivity contribution in [3.8, 4) is 17.2 Å². The topological polar surface area (TPSA) is 53.7 Å². The van der Waals surface area contributed by atoms with Crippen LogP contribution in [0.1, 0.15) is 18.4 Å². The van der Waals surface area contributed by atoms with Crippen molar-refractivity contribution in [3.05, 3.63) is 16.7 Å². The molecular formula is C13H18ClNO3. The summed E-state index contributed by atoms with van der Waals surface area (Å²) in [6.45, 7) is 0. The van der Waals surface area contributed by atoms with Gasteiger partial charge < -0.3 is 19.9 Å². The second kappa shape index (κ2) is 4.86. The third-order valence-corrected chi connectivity index (χ3v) is 3.72. The molecule has 100 valence electrons. The molecule has 0 aliphatic heterocycles. The molecule has 0 bridgehead atoms. The van der Waals surface area contributed by atoms with E-state index < -0.39 is 0 Å². The van der Waals surface area contributed by atoms with Gasteiger partial charge in [-0.1, -0.05) is 11.6 Å². The van der Waals surface area contributed by atoms with E-state index in [1.807, 2.05) is 0 Å². The summed E-state index contributed by atoms with van der Waals surface area (Å²) in [7, 11) is 4.76. The van der Waals surface area contributed by atoms with Crippen molar-refractivity contribution in [1.82, 2.24) is 0 Å². The monoisotopic (exact) mass is 271 g/mol. The molecule has 0 heterocycles. The SMILES string of the molecule is COc1cc(OC)c(OC)c(CC2(N)CC2)c1Cl. The number of ether oxygens (including phenoxy) is 3. The van der Waals surface area contributed by atoms with Gasteiger partial charge in [0, 0.05) is 17.2 Å². The Morgan fingerprint density at radius 1 is 1.17 bits per heavy atom. The molecule has 2 rings (SSSR count). The third kappa shape index (κ3) is 2.35. The molecule has 1 aliphatic rings. The zero-order valence-electron chi connectivity index (χ0n) is 10.9. The van der Waals surface area contributed by atoms with Gasteiger partial charge in [0.15, 0.2) is 11.5 Å². The average molecular weight is 272 g/mol. The zero-order chi connectivity index (χ0) is 13.3. The maximum Gasteiger partial charge on any atom is 0.165 e. The van der Waals surface area contributed by atoms with E-state index in [1.165, 1.54) is 0 Å². The van der Waals surface area contributed by atoms with E-state index in [9.17, 15) is 0 Å². The minimum atomic E-state index is -0.158. The summed E-state index contributed by atoms with van der Waals surface area (Å²) in [6, 6.07) is 1.72. The van der Waals surface area contributed by atoms with Crippen molar-refractivity contribution in [1.29, 1.82) is 0 Å². The van der Waals surface area contributed by atoms with E-state index in [1.54, 1.807) is 27.4 Å². The van der Waals surface area contributed by atoms with Crippen LogP contribution in [0.15, 0.2) is 6.07 Å². The van der Waals surface area contributed by atoms with Crippen LogP contribution < -0.4 is 19.9 Å². The summed E-state index contributed by atoms with van der Waals surface area (Å²) in [6.07, 6.45) is 2.68. The molecule has 1 aromatic rings. The Labute approximate surface area is 112 Å². The van der Waals surface area contributed by atoms with Crippen molar-refractivity contribution in [3.63, 3.8) is 0 Å². The van der Waals surface area contributed by atoms with Crippen LogP contribution in [0.3, 0.4) is 0 Å². The maximum absolute atomic E-state index is 6.34. The number of rotatable bonds is 5. The lowest BCUT2D eigenvalue weighted by molar-refractivity contribution is 0.344. The highest BCUT2D eigenvalue weighted by Crippen LogP contribution is 2.46. The predicted molar refractivity (Wildman–Crippen MR) is 71.0 cm³/mol. The number of hydrogen-bond donors (Lipinski definition) is 1. The van der Waals surface area contributed by atoms with Gasteiger partial charge in [0.1, 0.15) is 5.75 Å². The van der Waals surface area contributed by atoms with Gasteiger partial charge in [-0.25, -0.2) is 0 Å².